The van der Waals surface area contributed by atoms with E-state index in [0.717, 1.165) is 12.0 Å². The van der Waals surface area contributed by atoms with Crippen molar-refractivity contribution in [1.29, 1.82) is 0 Å². The highest BCUT2D eigenvalue weighted by molar-refractivity contribution is 5.87. The van der Waals surface area contributed by atoms with Gasteiger partial charge in [0.05, 0.1) is 0 Å². The van der Waals surface area contributed by atoms with Gasteiger partial charge in [0.2, 0.25) is 5.69 Å². The number of hydrogen-bond acceptors (Lipinski definition) is 4. The summed E-state index contributed by atoms with van der Waals surface area (Å²) >= 11 is 0. The minimum atomic E-state index is -1.18. The highest BCUT2D eigenvalue weighted by atomic mass is 16.5. The molecule has 1 heterocycles. The number of carbonyl (C=O) groups is 1. The van der Waals surface area contributed by atoms with E-state index in [0.29, 0.717) is 11.7 Å². The zero-order chi connectivity index (χ0) is 13.8. The molecule has 0 aliphatic heterocycles. The van der Waals surface area contributed by atoms with Crippen molar-refractivity contribution >= 4 is 5.97 Å². The summed E-state index contributed by atoms with van der Waals surface area (Å²) in [5.74, 6) is -0.0402. The third-order valence-electron chi connectivity index (χ3n) is 2.48. The first-order chi connectivity index (χ1) is 9.06. The molecule has 6 heteroatoms. The van der Waals surface area contributed by atoms with E-state index in [1.54, 1.807) is 6.07 Å². The van der Waals surface area contributed by atoms with Gasteiger partial charge in [-0.05, 0) is 30.0 Å². The molecule has 1 aromatic heterocycles. The Balaban J connectivity index is 2.19. The third-order valence-corrected chi connectivity index (χ3v) is 2.48. The van der Waals surface area contributed by atoms with Gasteiger partial charge in [0.1, 0.15) is 5.75 Å². The van der Waals surface area contributed by atoms with Gasteiger partial charge in [-0.25, -0.2) is 9.89 Å². The first-order valence-electron chi connectivity index (χ1n) is 5.97. The number of H-pyrrole nitrogens is 1. The second-order valence-electron chi connectivity index (χ2n) is 4.64. The number of benzene rings is 1. The Bertz CT molecular complexity index is 578. The molecule has 2 rings (SSSR count). The summed E-state index contributed by atoms with van der Waals surface area (Å²) in [6, 6.07) is 7.52. The lowest BCUT2D eigenvalue weighted by atomic mass is 10.0. The summed E-state index contributed by atoms with van der Waals surface area (Å²) in [5.41, 5.74) is 0.908. The van der Waals surface area contributed by atoms with Crippen molar-refractivity contribution in [3.8, 4) is 11.6 Å². The first kappa shape index (κ1) is 13.1. The number of carboxylic acids is 1. The third kappa shape index (κ3) is 3.31. The highest BCUT2D eigenvalue weighted by Crippen LogP contribution is 2.23. The Hall–Kier alpha value is -2.37. The predicted octanol–water partition coefficient (Wildman–Crippen LogP) is 2.49. The van der Waals surface area contributed by atoms with Crippen LogP contribution < -0.4 is 4.74 Å². The second kappa shape index (κ2) is 5.51. The van der Waals surface area contributed by atoms with Crippen LogP contribution in [0.4, 0.5) is 0 Å². The summed E-state index contributed by atoms with van der Waals surface area (Å²) in [5, 5.41) is 18.2. The SMILES string of the molecule is CC(C)Cc1cccc(Oc2[nH]nnc2C(=O)O)c1. The smallest absolute Gasteiger partial charge is 0.362 e. The molecule has 0 bridgehead atoms. The van der Waals surface area contributed by atoms with Crippen molar-refractivity contribution in [2.45, 2.75) is 20.3 Å². The number of ether oxygens (including phenoxy) is 1. The maximum atomic E-state index is 10.9. The average Bonchev–Trinajstić information content (AvgIpc) is 2.76. The largest absolute Gasteiger partial charge is 0.476 e. The number of nitrogens with zero attached hydrogens (tertiary/aromatic N) is 2. The fourth-order valence-corrected chi connectivity index (χ4v) is 1.76. The molecule has 0 unspecified atom stereocenters. The molecule has 0 atom stereocenters. The van der Waals surface area contributed by atoms with Gasteiger partial charge in [0.25, 0.3) is 5.88 Å². The van der Waals surface area contributed by atoms with E-state index in [1.165, 1.54) is 0 Å². The van der Waals surface area contributed by atoms with Gasteiger partial charge >= 0.3 is 5.97 Å². The number of rotatable bonds is 5. The Kier molecular flexibility index (Phi) is 3.79. The second-order valence-corrected chi connectivity index (χ2v) is 4.64. The van der Waals surface area contributed by atoms with Crippen molar-refractivity contribution in [3.05, 3.63) is 35.5 Å². The van der Waals surface area contributed by atoms with Crippen LogP contribution in [0.2, 0.25) is 0 Å². The zero-order valence-corrected chi connectivity index (χ0v) is 10.8. The standard InChI is InChI=1S/C13H15N3O3/c1-8(2)6-9-4-3-5-10(7-9)19-12-11(13(17)18)14-16-15-12/h3-5,7-8H,6H2,1-2H3,(H,17,18)(H,14,15,16). The summed E-state index contributed by atoms with van der Waals surface area (Å²) in [6.45, 7) is 4.27. The lowest BCUT2D eigenvalue weighted by Crippen LogP contribution is -2.00. The minimum absolute atomic E-state index is 0.0363. The van der Waals surface area contributed by atoms with Crippen LogP contribution in [0.25, 0.3) is 0 Å². The lowest BCUT2D eigenvalue weighted by molar-refractivity contribution is 0.0687. The molecular weight excluding hydrogens is 246 g/mol. The quantitative estimate of drug-likeness (QED) is 0.863. The molecule has 0 aliphatic rings. The average molecular weight is 261 g/mol. The normalized spacial score (nSPS) is 10.7. The number of nitrogens with one attached hydrogen (secondary N) is 1. The maximum Gasteiger partial charge on any atom is 0.362 e. The van der Waals surface area contributed by atoms with Gasteiger partial charge in [-0.1, -0.05) is 31.2 Å². The predicted molar refractivity (Wildman–Crippen MR) is 68.4 cm³/mol. The molecule has 0 fully saturated rings. The minimum Gasteiger partial charge on any atom is -0.476 e. The summed E-state index contributed by atoms with van der Waals surface area (Å²) in [6.07, 6.45) is 0.935. The van der Waals surface area contributed by atoms with Gasteiger partial charge in [0, 0.05) is 0 Å². The first-order valence-corrected chi connectivity index (χ1v) is 5.97. The Morgan fingerprint density at radius 1 is 1.47 bits per heavy atom. The van der Waals surface area contributed by atoms with Crippen molar-refractivity contribution < 1.29 is 14.6 Å². The number of aromatic nitrogens is 3. The number of aromatic amines is 1. The van der Waals surface area contributed by atoms with Crippen molar-refractivity contribution in [2.24, 2.45) is 5.92 Å². The van der Waals surface area contributed by atoms with Gasteiger partial charge in [-0.15, -0.1) is 5.10 Å². The molecule has 6 nitrogen and oxygen atoms in total. The molecule has 0 spiro atoms. The molecule has 2 aromatic rings. The van der Waals surface area contributed by atoms with E-state index in [2.05, 4.69) is 29.3 Å². The molecule has 0 aliphatic carbocycles. The Labute approximate surface area is 110 Å². The van der Waals surface area contributed by atoms with E-state index in [1.807, 2.05) is 18.2 Å². The van der Waals surface area contributed by atoms with E-state index in [4.69, 9.17) is 9.84 Å². The topological polar surface area (TPSA) is 88.1 Å². The summed E-state index contributed by atoms with van der Waals surface area (Å²) in [4.78, 5) is 10.9. The highest BCUT2D eigenvalue weighted by Gasteiger charge is 2.16. The fraction of sp³-hybridized carbons (Fsp3) is 0.308. The fourth-order valence-electron chi connectivity index (χ4n) is 1.76. The van der Waals surface area contributed by atoms with Gasteiger partial charge < -0.3 is 9.84 Å². The van der Waals surface area contributed by atoms with Crippen LogP contribution in [0.1, 0.15) is 29.9 Å². The van der Waals surface area contributed by atoms with Crippen molar-refractivity contribution in [3.63, 3.8) is 0 Å². The van der Waals surface area contributed by atoms with Gasteiger partial charge in [-0.2, -0.15) is 0 Å². The molecular formula is C13H15N3O3. The van der Waals surface area contributed by atoms with Crippen LogP contribution in [0.5, 0.6) is 11.6 Å². The van der Waals surface area contributed by atoms with E-state index in [-0.39, 0.29) is 11.6 Å². The molecule has 0 saturated heterocycles. The lowest BCUT2D eigenvalue weighted by Gasteiger charge is -2.08. The molecule has 2 N–H and O–H groups in total. The number of aromatic carboxylic acids is 1. The van der Waals surface area contributed by atoms with Gasteiger partial charge in [0.15, 0.2) is 0 Å². The molecule has 0 saturated carbocycles. The Morgan fingerprint density at radius 2 is 2.26 bits per heavy atom. The summed E-state index contributed by atoms with van der Waals surface area (Å²) in [7, 11) is 0. The maximum absolute atomic E-state index is 10.9. The van der Waals surface area contributed by atoms with E-state index in [9.17, 15) is 4.79 Å². The summed E-state index contributed by atoms with van der Waals surface area (Å²) < 4.78 is 5.47. The number of carboxylic acid groups (broad SMARTS) is 1. The van der Waals surface area contributed by atoms with Crippen LogP contribution in [0.3, 0.4) is 0 Å². The van der Waals surface area contributed by atoms with E-state index < -0.39 is 5.97 Å². The molecule has 0 radical (unpaired) electrons. The number of hydrogen-bond donors (Lipinski definition) is 2. The zero-order valence-electron chi connectivity index (χ0n) is 10.8. The molecule has 19 heavy (non-hydrogen) atoms. The van der Waals surface area contributed by atoms with Crippen molar-refractivity contribution in [1.82, 2.24) is 15.4 Å². The van der Waals surface area contributed by atoms with Crippen LogP contribution in [0.15, 0.2) is 24.3 Å². The monoisotopic (exact) mass is 261 g/mol. The van der Waals surface area contributed by atoms with E-state index >= 15 is 0 Å². The molecule has 1 aromatic carbocycles. The van der Waals surface area contributed by atoms with Crippen LogP contribution in [0, 0.1) is 5.92 Å². The molecule has 0 amide bonds. The van der Waals surface area contributed by atoms with Gasteiger partial charge in [-0.3, -0.25) is 0 Å². The Morgan fingerprint density at radius 3 is 2.95 bits per heavy atom. The molecule has 100 valence electrons. The van der Waals surface area contributed by atoms with Crippen LogP contribution in [-0.2, 0) is 6.42 Å². The van der Waals surface area contributed by atoms with Crippen molar-refractivity contribution in [2.75, 3.05) is 0 Å². The van der Waals surface area contributed by atoms with Crippen LogP contribution >= 0.6 is 0 Å². The van der Waals surface area contributed by atoms with Crippen LogP contribution in [-0.4, -0.2) is 26.5 Å².